The number of nitrogens with zero attached hydrogens (tertiary/aromatic N) is 2. The zero-order valence-corrected chi connectivity index (χ0v) is 12.4. The van der Waals surface area contributed by atoms with Crippen LogP contribution in [0.15, 0.2) is 30.6 Å². The lowest BCUT2D eigenvalue weighted by molar-refractivity contribution is 0.416. The normalized spacial score (nSPS) is 16.2. The Hall–Kier alpha value is -1.95. The van der Waals surface area contributed by atoms with Crippen molar-refractivity contribution in [3.8, 4) is 0 Å². The van der Waals surface area contributed by atoms with Gasteiger partial charge in [-0.1, -0.05) is 0 Å². The first-order valence-electron chi connectivity index (χ1n) is 7.64. The zero-order chi connectivity index (χ0) is 15.4. The average molecular weight is 306 g/mol. The Morgan fingerprint density at radius 2 is 2.05 bits per heavy atom. The molecular formula is C16H20F2N4. The number of hydrogen-bond acceptors (Lipinski definition) is 3. The summed E-state index contributed by atoms with van der Waals surface area (Å²) in [5, 5.41) is 3.53. The summed E-state index contributed by atoms with van der Waals surface area (Å²) in [5.41, 5.74) is 0.757. The summed E-state index contributed by atoms with van der Waals surface area (Å²) < 4.78 is 26.3. The van der Waals surface area contributed by atoms with Gasteiger partial charge in [-0.25, -0.2) is 13.8 Å². The summed E-state index contributed by atoms with van der Waals surface area (Å²) in [4.78, 5) is 9.39. The van der Waals surface area contributed by atoms with Gasteiger partial charge in [0, 0.05) is 56.2 Å². The van der Waals surface area contributed by atoms with Crippen molar-refractivity contribution < 1.29 is 8.78 Å². The van der Waals surface area contributed by atoms with E-state index in [1.165, 1.54) is 12.1 Å². The lowest BCUT2D eigenvalue weighted by Gasteiger charge is -2.34. The van der Waals surface area contributed by atoms with Gasteiger partial charge in [0.2, 0.25) is 0 Å². The number of piperidine rings is 1. The second kappa shape index (κ2) is 6.87. The molecule has 2 aromatic rings. The molecule has 0 spiro atoms. The third-order valence-corrected chi connectivity index (χ3v) is 4.11. The van der Waals surface area contributed by atoms with Crippen LogP contribution in [-0.2, 0) is 6.42 Å². The summed E-state index contributed by atoms with van der Waals surface area (Å²) >= 11 is 0. The maximum absolute atomic E-state index is 13.3. The van der Waals surface area contributed by atoms with Crippen molar-refractivity contribution in [2.24, 2.45) is 0 Å². The largest absolute Gasteiger partial charge is 0.371 e. The molecule has 1 aliphatic rings. The highest BCUT2D eigenvalue weighted by Gasteiger charge is 2.19. The molecule has 1 aromatic heterocycles. The summed E-state index contributed by atoms with van der Waals surface area (Å²) in [6.07, 6.45) is 6.47. The molecule has 0 amide bonds. The van der Waals surface area contributed by atoms with E-state index in [2.05, 4.69) is 20.2 Å². The first-order valence-corrected chi connectivity index (χ1v) is 7.64. The van der Waals surface area contributed by atoms with Crippen molar-refractivity contribution in [1.29, 1.82) is 0 Å². The average Bonchev–Trinajstić information content (AvgIpc) is 3.04. The Morgan fingerprint density at radius 1 is 1.23 bits per heavy atom. The summed E-state index contributed by atoms with van der Waals surface area (Å²) in [6.45, 7) is 2.59. The first-order chi connectivity index (χ1) is 10.7. The van der Waals surface area contributed by atoms with Crippen LogP contribution in [0.2, 0.25) is 0 Å². The first kappa shape index (κ1) is 15.0. The monoisotopic (exact) mass is 306 g/mol. The van der Waals surface area contributed by atoms with Gasteiger partial charge in [-0.05, 0) is 25.0 Å². The molecule has 4 nitrogen and oxygen atoms in total. The SMILES string of the molecule is Fc1ccc(N2CCC(NCCc3ncc[nH]3)CC2)cc1F. The second-order valence-electron chi connectivity index (χ2n) is 5.60. The van der Waals surface area contributed by atoms with Crippen LogP contribution in [0.1, 0.15) is 18.7 Å². The van der Waals surface area contributed by atoms with Crippen molar-refractivity contribution in [3.05, 3.63) is 48.1 Å². The standard InChI is InChI=1S/C16H20F2N4/c17-14-2-1-13(11-15(14)18)22-9-4-12(5-10-22)19-6-3-16-20-7-8-21-16/h1-2,7-8,11-12,19H,3-6,9-10H2,(H,20,21). The fourth-order valence-corrected chi connectivity index (χ4v) is 2.85. The fourth-order valence-electron chi connectivity index (χ4n) is 2.85. The Balaban J connectivity index is 1.44. The third kappa shape index (κ3) is 3.62. The van der Waals surface area contributed by atoms with Crippen molar-refractivity contribution in [2.45, 2.75) is 25.3 Å². The molecule has 0 bridgehead atoms. The van der Waals surface area contributed by atoms with E-state index in [4.69, 9.17) is 0 Å². The Bertz CT molecular complexity index is 592. The summed E-state index contributed by atoms with van der Waals surface area (Å²) in [6, 6.07) is 4.58. The molecule has 1 fully saturated rings. The molecule has 0 unspecified atom stereocenters. The van der Waals surface area contributed by atoms with E-state index in [1.54, 1.807) is 12.3 Å². The number of nitrogens with one attached hydrogen (secondary N) is 2. The molecule has 0 radical (unpaired) electrons. The smallest absolute Gasteiger partial charge is 0.160 e. The molecule has 3 rings (SSSR count). The molecule has 1 aromatic carbocycles. The maximum Gasteiger partial charge on any atom is 0.160 e. The molecule has 22 heavy (non-hydrogen) atoms. The second-order valence-corrected chi connectivity index (χ2v) is 5.60. The van der Waals surface area contributed by atoms with Gasteiger partial charge in [0.05, 0.1) is 0 Å². The van der Waals surface area contributed by atoms with Crippen LogP contribution in [0, 0.1) is 11.6 Å². The fraction of sp³-hybridized carbons (Fsp3) is 0.438. The highest BCUT2D eigenvalue weighted by molar-refractivity contribution is 5.47. The zero-order valence-electron chi connectivity index (χ0n) is 12.4. The predicted molar refractivity (Wildman–Crippen MR) is 81.9 cm³/mol. The van der Waals surface area contributed by atoms with Gasteiger partial charge in [0.25, 0.3) is 0 Å². The molecule has 118 valence electrons. The van der Waals surface area contributed by atoms with Crippen LogP contribution in [0.3, 0.4) is 0 Å². The van der Waals surface area contributed by atoms with Gasteiger partial charge >= 0.3 is 0 Å². The molecule has 1 aliphatic heterocycles. The number of aromatic amines is 1. The van der Waals surface area contributed by atoms with Gasteiger partial charge in [0.1, 0.15) is 5.82 Å². The molecule has 6 heteroatoms. The molecule has 0 atom stereocenters. The lowest BCUT2D eigenvalue weighted by atomic mass is 10.0. The van der Waals surface area contributed by atoms with E-state index in [9.17, 15) is 8.78 Å². The number of aromatic nitrogens is 2. The van der Waals surface area contributed by atoms with Crippen molar-refractivity contribution in [2.75, 3.05) is 24.5 Å². The molecular weight excluding hydrogens is 286 g/mol. The summed E-state index contributed by atoms with van der Waals surface area (Å²) in [7, 11) is 0. The van der Waals surface area contributed by atoms with E-state index in [0.29, 0.717) is 6.04 Å². The minimum atomic E-state index is -0.793. The Morgan fingerprint density at radius 3 is 2.73 bits per heavy atom. The van der Waals surface area contributed by atoms with Crippen LogP contribution < -0.4 is 10.2 Å². The predicted octanol–water partition coefficient (Wildman–Crippen LogP) is 2.49. The van der Waals surface area contributed by atoms with Gasteiger partial charge in [-0.2, -0.15) is 0 Å². The van der Waals surface area contributed by atoms with Gasteiger partial charge < -0.3 is 15.2 Å². The molecule has 2 heterocycles. The van der Waals surface area contributed by atoms with E-state index in [-0.39, 0.29) is 0 Å². The molecule has 0 saturated carbocycles. The Labute approximate surface area is 128 Å². The van der Waals surface area contributed by atoms with E-state index in [1.807, 2.05) is 6.20 Å². The number of hydrogen-bond donors (Lipinski definition) is 2. The summed E-state index contributed by atoms with van der Waals surface area (Å²) in [5.74, 6) is -0.582. The number of H-pyrrole nitrogens is 1. The van der Waals surface area contributed by atoms with Crippen molar-refractivity contribution in [3.63, 3.8) is 0 Å². The number of anilines is 1. The lowest BCUT2D eigenvalue weighted by Crippen LogP contribution is -2.43. The van der Waals surface area contributed by atoms with Crippen LogP contribution in [-0.4, -0.2) is 35.6 Å². The molecule has 2 N–H and O–H groups in total. The molecule has 0 aliphatic carbocycles. The van der Waals surface area contributed by atoms with Crippen molar-refractivity contribution in [1.82, 2.24) is 15.3 Å². The van der Waals surface area contributed by atoms with Crippen LogP contribution in [0.25, 0.3) is 0 Å². The highest BCUT2D eigenvalue weighted by atomic mass is 19.2. The van der Waals surface area contributed by atoms with E-state index < -0.39 is 11.6 Å². The van der Waals surface area contributed by atoms with Crippen molar-refractivity contribution >= 4 is 5.69 Å². The van der Waals surface area contributed by atoms with Crippen LogP contribution in [0.5, 0.6) is 0 Å². The van der Waals surface area contributed by atoms with Gasteiger partial charge in [-0.15, -0.1) is 0 Å². The highest BCUT2D eigenvalue weighted by Crippen LogP contribution is 2.22. The minimum absolute atomic E-state index is 0.469. The van der Waals surface area contributed by atoms with E-state index in [0.717, 1.165) is 50.4 Å². The minimum Gasteiger partial charge on any atom is -0.371 e. The van der Waals surface area contributed by atoms with Crippen LogP contribution >= 0.6 is 0 Å². The van der Waals surface area contributed by atoms with E-state index >= 15 is 0 Å². The third-order valence-electron chi connectivity index (χ3n) is 4.11. The topological polar surface area (TPSA) is 44.0 Å². The number of imidazole rings is 1. The number of halogens is 2. The maximum atomic E-state index is 13.3. The van der Waals surface area contributed by atoms with Gasteiger partial charge in [-0.3, -0.25) is 0 Å². The number of benzene rings is 1. The quantitative estimate of drug-likeness (QED) is 0.892. The van der Waals surface area contributed by atoms with Gasteiger partial charge in [0.15, 0.2) is 11.6 Å². The molecule has 1 saturated heterocycles. The number of rotatable bonds is 5. The van der Waals surface area contributed by atoms with Crippen LogP contribution in [0.4, 0.5) is 14.5 Å². The Kier molecular flexibility index (Phi) is 4.68.